The van der Waals surface area contributed by atoms with E-state index in [1.807, 2.05) is 12.1 Å². The predicted molar refractivity (Wildman–Crippen MR) is 84.6 cm³/mol. The largest absolute Gasteiger partial charge is 0.493 e. The van der Waals surface area contributed by atoms with Gasteiger partial charge in [-0.15, -0.1) is 0 Å². The SMILES string of the molecule is CC(C)COc1ccc2ccc(OCC(C)C)cc2c1. The van der Waals surface area contributed by atoms with E-state index in [0.29, 0.717) is 11.8 Å². The second-order valence-electron chi connectivity index (χ2n) is 6.08. The summed E-state index contributed by atoms with van der Waals surface area (Å²) in [5, 5.41) is 2.37. The Bertz CT molecular complexity index is 512. The molecule has 0 aliphatic rings. The molecule has 0 bridgehead atoms. The average Bonchev–Trinajstić information content (AvgIpc) is 2.42. The summed E-state index contributed by atoms with van der Waals surface area (Å²) in [6, 6.07) is 12.4. The van der Waals surface area contributed by atoms with Crippen LogP contribution in [0.3, 0.4) is 0 Å². The van der Waals surface area contributed by atoms with Crippen LogP contribution in [0.15, 0.2) is 36.4 Å². The van der Waals surface area contributed by atoms with Gasteiger partial charge in [-0.25, -0.2) is 0 Å². The summed E-state index contributed by atoms with van der Waals surface area (Å²) in [4.78, 5) is 0. The lowest BCUT2D eigenvalue weighted by atomic mass is 10.1. The van der Waals surface area contributed by atoms with Crippen LogP contribution in [0.1, 0.15) is 27.7 Å². The van der Waals surface area contributed by atoms with E-state index in [1.54, 1.807) is 0 Å². The third-order valence-corrected chi connectivity index (χ3v) is 2.95. The normalized spacial score (nSPS) is 11.3. The van der Waals surface area contributed by atoms with Crippen LogP contribution in [-0.4, -0.2) is 13.2 Å². The number of rotatable bonds is 6. The van der Waals surface area contributed by atoms with Gasteiger partial charge in [0.15, 0.2) is 0 Å². The van der Waals surface area contributed by atoms with E-state index in [1.165, 1.54) is 5.39 Å². The number of hydrogen-bond donors (Lipinski definition) is 0. The van der Waals surface area contributed by atoms with Crippen LogP contribution >= 0.6 is 0 Å². The first-order valence-electron chi connectivity index (χ1n) is 7.34. The Morgan fingerprint density at radius 1 is 0.700 bits per heavy atom. The topological polar surface area (TPSA) is 18.5 Å². The lowest BCUT2D eigenvalue weighted by molar-refractivity contribution is 0.270. The Balaban J connectivity index is 2.16. The highest BCUT2D eigenvalue weighted by Crippen LogP contribution is 2.25. The minimum atomic E-state index is 0.534. The maximum atomic E-state index is 5.77. The van der Waals surface area contributed by atoms with Crippen LogP contribution in [0, 0.1) is 11.8 Å². The van der Waals surface area contributed by atoms with Crippen molar-refractivity contribution in [3.8, 4) is 11.5 Å². The van der Waals surface area contributed by atoms with E-state index in [0.717, 1.165) is 30.1 Å². The maximum absolute atomic E-state index is 5.77. The van der Waals surface area contributed by atoms with Gasteiger partial charge in [-0.2, -0.15) is 0 Å². The van der Waals surface area contributed by atoms with E-state index >= 15 is 0 Å². The molecule has 2 heteroatoms. The van der Waals surface area contributed by atoms with Crippen molar-refractivity contribution in [3.63, 3.8) is 0 Å². The highest BCUT2D eigenvalue weighted by atomic mass is 16.5. The fraction of sp³-hybridized carbons (Fsp3) is 0.444. The maximum Gasteiger partial charge on any atom is 0.119 e. The lowest BCUT2D eigenvalue weighted by Gasteiger charge is -2.11. The summed E-state index contributed by atoms with van der Waals surface area (Å²) < 4.78 is 11.5. The fourth-order valence-electron chi connectivity index (χ4n) is 1.91. The Morgan fingerprint density at radius 3 is 1.55 bits per heavy atom. The van der Waals surface area contributed by atoms with E-state index < -0.39 is 0 Å². The average molecular weight is 272 g/mol. The molecule has 0 spiro atoms. The molecule has 0 atom stereocenters. The van der Waals surface area contributed by atoms with Gasteiger partial charge in [0.05, 0.1) is 13.2 Å². The zero-order valence-electron chi connectivity index (χ0n) is 12.8. The molecule has 0 aliphatic carbocycles. The van der Waals surface area contributed by atoms with Crippen molar-refractivity contribution in [3.05, 3.63) is 36.4 Å². The van der Waals surface area contributed by atoms with Crippen molar-refractivity contribution in [2.75, 3.05) is 13.2 Å². The van der Waals surface area contributed by atoms with Crippen LogP contribution in [0.5, 0.6) is 11.5 Å². The third kappa shape index (κ3) is 4.16. The van der Waals surface area contributed by atoms with Crippen molar-refractivity contribution in [1.82, 2.24) is 0 Å². The zero-order valence-corrected chi connectivity index (χ0v) is 12.8. The van der Waals surface area contributed by atoms with Crippen LogP contribution in [0.25, 0.3) is 10.8 Å². The molecular formula is C18H24O2. The van der Waals surface area contributed by atoms with Gasteiger partial charge in [0, 0.05) is 0 Å². The molecule has 2 aromatic rings. The number of hydrogen-bond acceptors (Lipinski definition) is 2. The standard InChI is InChI=1S/C18H24O2/c1-13(2)11-19-17-7-5-15-6-8-18(10-16(15)9-17)20-12-14(3)4/h5-10,13-14H,11-12H2,1-4H3. The first-order chi connectivity index (χ1) is 9.54. The van der Waals surface area contributed by atoms with Crippen molar-refractivity contribution in [2.45, 2.75) is 27.7 Å². The molecule has 0 saturated carbocycles. The molecule has 0 radical (unpaired) electrons. The Labute approximate surface area is 121 Å². The Morgan fingerprint density at radius 2 is 1.15 bits per heavy atom. The zero-order chi connectivity index (χ0) is 14.5. The van der Waals surface area contributed by atoms with Crippen LogP contribution in [0.4, 0.5) is 0 Å². The second-order valence-corrected chi connectivity index (χ2v) is 6.08. The molecule has 2 aromatic carbocycles. The molecule has 0 N–H and O–H groups in total. The first-order valence-corrected chi connectivity index (χ1v) is 7.34. The first kappa shape index (κ1) is 14.7. The van der Waals surface area contributed by atoms with Gasteiger partial charge in [0.2, 0.25) is 0 Å². The molecule has 0 aliphatic heterocycles. The van der Waals surface area contributed by atoms with Gasteiger partial charge in [0.1, 0.15) is 11.5 Å². The molecule has 108 valence electrons. The van der Waals surface area contributed by atoms with E-state index in [4.69, 9.17) is 9.47 Å². The molecule has 0 amide bonds. The van der Waals surface area contributed by atoms with Gasteiger partial charge in [0.25, 0.3) is 0 Å². The minimum Gasteiger partial charge on any atom is -0.493 e. The van der Waals surface area contributed by atoms with Crippen LogP contribution in [0.2, 0.25) is 0 Å². The van der Waals surface area contributed by atoms with E-state index in [9.17, 15) is 0 Å². The minimum absolute atomic E-state index is 0.534. The van der Waals surface area contributed by atoms with E-state index in [-0.39, 0.29) is 0 Å². The van der Waals surface area contributed by atoms with Gasteiger partial charge < -0.3 is 9.47 Å². The molecule has 2 nitrogen and oxygen atoms in total. The second kappa shape index (κ2) is 6.65. The fourth-order valence-corrected chi connectivity index (χ4v) is 1.91. The monoisotopic (exact) mass is 272 g/mol. The molecule has 0 saturated heterocycles. The molecule has 20 heavy (non-hydrogen) atoms. The van der Waals surface area contributed by atoms with Gasteiger partial charge in [-0.3, -0.25) is 0 Å². The quantitative estimate of drug-likeness (QED) is 0.744. The van der Waals surface area contributed by atoms with Crippen LogP contribution in [-0.2, 0) is 0 Å². The smallest absolute Gasteiger partial charge is 0.119 e. The van der Waals surface area contributed by atoms with Crippen molar-refractivity contribution >= 4 is 10.8 Å². The molecule has 0 unspecified atom stereocenters. The Kier molecular flexibility index (Phi) is 4.89. The highest BCUT2D eigenvalue weighted by molar-refractivity contribution is 5.85. The Hall–Kier alpha value is -1.70. The van der Waals surface area contributed by atoms with Crippen LogP contribution < -0.4 is 9.47 Å². The molecular weight excluding hydrogens is 248 g/mol. The van der Waals surface area contributed by atoms with E-state index in [2.05, 4.69) is 52.0 Å². The lowest BCUT2D eigenvalue weighted by Crippen LogP contribution is -2.04. The summed E-state index contributed by atoms with van der Waals surface area (Å²) in [6.07, 6.45) is 0. The molecule has 0 aromatic heterocycles. The van der Waals surface area contributed by atoms with Crippen molar-refractivity contribution in [2.24, 2.45) is 11.8 Å². The number of benzene rings is 2. The van der Waals surface area contributed by atoms with Crippen molar-refractivity contribution in [1.29, 1.82) is 0 Å². The van der Waals surface area contributed by atoms with Crippen molar-refractivity contribution < 1.29 is 9.47 Å². The summed E-state index contributed by atoms with van der Waals surface area (Å²) in [5.41, 5.74) is 0. The summed E-state index contributed by atoms with van der Waals surface area (Å²) in [6.45, 7) is 10.1. The highest BCUT2D eigenvalue weighted by Gasteiger charge is 2.02. The summed E-state index contributed by atoms with van der Waals surface area (Å²) >= 11 is 0. The molecule has 0 heterocycles. The summed E-state index contributed by atoms with van der Waals surface area (Å²) in [5.74, 6) is 2.91. The third-order valence-electron chi connectivity index (χ3n) is 2.95. The van der Waals surface area contributed by atoms with Gasteiger partial charge in [-0.1, -0.05) is 39.8 Å². The summed E-state index contributed by atoms with van der Waals surface area (Å²) in [7, 11) is 0. The molecule has 2 rings (SSSR count). The number of fused-ring (bicyclic) bond motifs is 1. The predicted octanol–water partition coefficient (Wildman–Crippen LogP) is 4.91. The van der Waals surface area contributed by atoms with Gasteiger partial charge >= 0.3 is 0 Å². The molecule has 0 fully saturated rings. The van der Waals surface area contributed by atoms with Gasteiger partial charge in [-0.05, 0) is 46.9 Å². The number of ether oxygens (including phenoxy) is 2.